The van der Waals surface area contributed by atoms with E-state index < -0.39 is 18.1 Å². The van der Waals surface area contributed by atoms with Crippen molar-refractivity contribution >= 4 is 18.0 Å². The molecule has 1 unspecified atom stereocenters. The minimum Gasteiger partial charge on any atom is -0.468 e. The first-order chi connectivity index (χ1) is 9.42. The molecule has 0 radical (unpaired) electrons. The maximum absolute atomic E-state index is 11.7. The van der Waals surface area contributed by atoms with Crippen molar-refractivity contribution in [3.63, 3.8) is 0 Å². The smallest absolute Gasteiger partial charge is 0.407 e. The molecule has 116 valence electrons. The summed E-state index contributed by atoms with van der Waals surface area (Å²) in [5.41, 5.74) is 5.53. The van der Waals surface area contributed by atoms with Crippen LogP contribution in [0.15, 0.2) is 0 Å². The van der Waals surface area contributed by atoms with Crippen LogP contribution in [-0.2, 0) is 19.1 Å². The lowest BCUT2D eigenvalue weighted by Gasteiger charge is -2.18. The molecule has 0 bridgehead atoms. The van der Waals surface area contributed by atoms with Gasteiger partial charge in [-0.25, -0.2) is 4.79 Å². The number of ether oxygens (including phenoxy) is 2. The van der Waals surface area contributed by atoms with E-state index in [1.165, 1.54) is 12.0 Å². The highest BCUT2D eigenvalue weighted by Crippen LogP contribution is 2.00. The van der Waals surface area contributed by atoms with E-state index in [0.29, 0.717) is 6.54 Å². The van der Waals surface area contributed by atoms with Crippen molar-refractivity contribution in [2.24, 2.45) is 5.73 Å². The number of nitrogens with zero attached hydrogens (tertiary/aromatic N) is 1. The van der Waals surface area contributed by atoms with Crippen LogP contribution in [0.3, 0.4) is 0 Å². The zero-order chi connectivity index (χ0) is 15.5. The molecule has 0 aliphatic carbocycles. The fourth-order valence-corrected chi connectivity index (χ4v) is 1.33. The van der Waals surface area contributed by atoms with Crippen molar-refractivity contribution < 1.29 is 23.9 Å². The first-order valence-corrected chi connectivity index (χ1v) is 6.40. The summed E-state index contributed by atoms with van der Waals surface area (Å²) in [7, 11) is 2.84. The molecule has 0 spiro atoms. The van der Waals surface area contributed by atoms with Crippen molar-refractivity contribution in [3.05, 3.63) is 0 Å². The van der Waals surface area contributed by atoms with E-state index in [9.17, 15) is 14.4 Å². The van der Waals surface area contributed by atoms with Gasteiger partial charge in [-0.05, 0) is 13.3 Å². The average molecular weight is 289 g/mol. The molecule has 0 aromatic rings. The second-order valence-electron chi connectivity index (χ2n) is 4.15. The summed E-state index contributed by atoms with van der Waals surface area (Å²) in [5, 5.41) is 2.47. The SMILES string of the molecule is CCNC(=O)OCCN(C)C(=O)CCC(N)C(=O)OC. The third-order valence-electron chi connectivity index (χ3n) is 2.58. The Morgan fingerprint density at radius 3 is 2.55 bits per heavy atom. The molecule has 20 heavy (non-hydrogen) atoms. The van der Waals surface area contributed by atoms with Crippen LogP contribution in [-0.4, -0.2) is 62.8 Å². The van der Waals surface area contributed by atoms with Crippen LogP contribution in [0.4, 0.5) is 4.79 Å². The predicted molar refractivity (Wildman–Crippen MR) is 71.9 cm³/mol. The summed E-state index contributed by atoms with van der Waals surface area (Å²) >= 11 is 0. The van der Waals surface area contributed by atoms with Crippen molar-refractivity contribution in [2.45, 2.75) is 25.8 Å². The molecular formula is C12H23N3O5. The molecule has 8 heteroatoms. The molecule has 0 fully saturated rings. The van der Waals surface area contributed by atoms with Gasteiger partial charge >= 0.3 is 12.1 Å². The van der Waals surface area contributed by atoms with Gasteiger partial charge in [0.2, 0.25) is 5.91 Å². The van der Waals surface area contributed by atoms with Crippen LogP contribution in [0, 0.1) is 0 Å². The van der Waals surface area contributed by atoms with Gasteiger partial charge < -0.3 is 25.4 Å². The molecule has 0 aliphatic heterocycles. The maximum atomic E-state index is 11.7. The average Bonchev–Trinajstić information content (AvgIpc) is 2.43. The van der Waals surface area contributed by atoms with Gasteiger partial charge in [-0.3, -0.25) is 9.59 Å². The highest BCUT2D eigenvalue weighted by molar-refractivity contribution is 5.79. The normalized spacial score (nSPS) is 11.4. The van der Waals surface area contributed by atoms with Crippen LogP contribution in [0.25, 0.3) is 0 Å². The lowest BCUT2D eigenvalue weighted by Crippen LogP contribution is -2.36. The Labute approximate surface area is 118 Å². The number of nitrogens with one attached hydrogen (secondary N) is 1. The van der Waals surface area contributed by atoms with Crippen LogP contribution < -0.4 is 11.1 Å². The summed E-state index contributed by atoms with van der Waals surface area (Å²) in [6.45, 7) is 2.65. The summed E-state index contributed by atoms with van der Waals surface area (Å²) in [5.74, 6) is -0.719. The van der Waals surface area contributed by atoms with Crippen molar-refractivity contribution in [2.75, 3.05) is 33.9 Å². The lowest BCUT2D eigenvalue weighted by atomic mass is 10.1. The standard InChI is InChI=1S/C12H23N3O5/c1-4-14-12(18)20-8-7-15(2)10(16)6-5-9(13)11(17)19-3/h9H,4-8,13H2,1-3H3,(H,14,18). The van der Waals surface area contributed by atoms with E-state index in [1.54, 1.807) is 14.0 Å². The van der Waals surface area contributed by atoms with Gasteiger partial charge in [0, 0.05) is 20.0 Å². The van der Waals surface area contributed by atoms with Crippen LogP contribution in [0.1, 0.15) is 19.8 Å². The van der Waals surface area contributed by atoms with Gasteiger partial charge in [-0.2, -0.15) is 0 Å². The Balaban J connectivity index is 3.87. The van der Waals surface area contributed by atoms with Crippen molar-refractivity contribution in [3.8, 4) is 0 Å². The highest BCUT2D eigenvalue weighted by Gasteiger charge is 2.17. The molecule has 2 amide bonds. The highest BCUT2D eigenvalue weighted by atomic mass is 16.5. The molecule has 0 saturated carbocycles. The quantitative estimate of drug-likeness (QED) is 0.581. The minimum atomic E-state index is -0.802. The second-order valence-corrected chi connectivity index (χ2v) is 4.15. The first-order valence-electron chi connectivity index (χ1n) is 6.40. The zero-order valence-electron chi connectivity index (χ0n) is 12.2. The Bertz CT molecular complexity index is 335. The number of alkyl carbamates (subject to hydrolysis) is 1. The van der Waals surface area contributed by atoms with Crippen molar-refractivity contribution in [1.82, 2.24) is 10.2 Å². The molecule has 1 atom stereocenters. The van der Waals surface area contributed by atoms with Crippen LogP contribution in [0.5, 0.6) is 0 Å². The second kappa shape index (κ2) is 10.0. The number of hydrogen-bond acceptors (Lipinski definition) is 6. The summed E-state index contributed by atoms with van der Waals surface area (Å²) in [6, 6.07) is -0.802. The van der Waals surface area contributed by atoms with E-state index >= 15 is 0 Å². The van der Waals surface area contributed by atoms with E-state index in [4.69, 9.17) is 10.5 Å². The number of rotatable bonds is 8. The Morgan fingerprint density at radius 1 is 1.35 bits per heavy atom. The number of nitrogens with two attached hydrogens (primary N) is 1. The van der Waals surface area contributed by atoms with Crippen LogP contribution in [0.2, 0.25) is 0 Å². The molecule has 0 aliphatic rings. The Hall–Kier alpha value is -1.83. The Morgan fingerprint density at radius 2 is 2.00 bits per heavy atom. The summed E-state index contributed by atoms with van der Waals surface area (Å²) in [6.07, 6.45) is -0.165. The molecular weight excluding hydrogens is 266 g/mol. The van der Waals surface area contributed by atoms with Crippen molar-refractivity contribution in [1.29, 1.82) is 0 Å². The minimum absolute atomic E-state index is 0.108. The monoisotopic (exact) mass is 289 g/mol. The zero-order valence-corrected chi connectivity index (χ0v) is 12.2. The van der Waals surface area contributed by atoms with E-state index in [2.05, 4.69) is 10.1 Å². The molecule has 0 aromatic heterocycles. The predicted octanol–water partition coefficient (Wildman–Crippen LogP) is -0.529. The van der Waals surface area contributed by atoms with Gasteiger partial charge in [-0.15, -0.1) is 0 Å². The largest absolute Gasteiger partial charge is 0.468 e. The van der Waals surface area contributed by atoms with Gasteiger partial charge in [0.05, 0.1) is 13.7 Å². The number of esters is 1. The third kappa shape index (κ3) is 7.57. The number of hydrogen-bond donors (Lipinski definition) is 2. The molecule has 0 saturated heterocycles. The fourth-order valence-electron chi connectivity index (χ4n) is 1.33. The molecule has 0 aromatic carbocycles. The Kier molecular flexibility index (Phi) is 9.10. The van der Waals surface area contributed by atoms with E-state index in [0.717, 1.165) is 0 Å². The topological polar surface area (TPSA) is 111 Å². The van der Waals surface area contributed by atoms with E-state index in [1.807, 2.05) is 0 Å². The van der Waals surface area contributed by atoms with Crippen LogP contribution >= 0.6 is 0 Å². The van der Waals surface area contributed by atoms with Gasteiger partial charge in [0.25, 0.3) is 0 Å². The number of carbonyl (C=O) groups excluding carboxylic acids is 3. The number of amides is 2. The first kappa shape index (κ1) is 18.2. The third-order valence-corrected chi connectivity index (χ3v) is 2.58. The molecule has 0 heterocycles. The number of carbonyl (C=O) groups is 3. The maximum Gasteiger partial charge on any atom is 0.407 e. The number of likely N-dealkylation sites (N-methyl/N-ethyl adjacent to an activating group) is 1. The molecule has 0 rings (SSSR count). The molecule has 8 nitrogen and oxygen atoms in total. The van der Waals surface area contributed by atoms with Gasteiger partial charge in [0.1, 0.15) is 12.6 Å². The van der Waals surface area contributed by atoms with Gasteiger partial charge in [-0.1, -0.05) is 0 Å². The number of methoxy groups -OCH3 is 1. The lowest BCUT2D eigenvalue weighted by molar-refractivity contribution is -0.142. The summed E-state index contributed by atoms with van der Waals surface area (Å²) < 4.78 is 9.31. The van der Waals surface area contributed by atoms with Gasteiger partial charge in [0.15, 0.2) is 0 Å². The van der Waals surface area contributed by atoms with E-state index in [-0.39, 0.29) is 31.9 Å². The summed E-state index contributed by atoms with van der Waals surface area (Å²) in [4.78, 5) is 35.2. The molecule has 3 N–H and O–H groups in total. The fraction of sp³-hybridized carbons (Fsp3) is 0.750.